The second-order valence-electron chi connectivity index (χ2n) is 6.76. The predicted molar refractivity (Wildman–Crippen MR) is 94.1 cm³/mol. The van der Waals surface area contributed by atoms with Crippen molar-refractivity contribution in [3.05, 3.63) is 64.5 Å². The molecule has 1 N–H and O–H groups in total. The van der Waals surface area contributed by atoms with E-state index in [9.17, 15) is 9.90 Å². The number of rotatable bonds is 4. The van der Waals surface area contributed by atoms with Crippen molar-refractivity contribution in [2.45, 2.75) is 45.7 Å². The summed E-state index contributed by atoms with van der Waals surface area (Å²) in [6, 6.07) is 9.88. The van der Waals surface area contributed by atoms with Gasteiger partial charge in [0.2, 0.25) is 0 Å². The van der Waals surface area contributed by atoms with Gasteiger partial charge in [-0.2, -0.15) is 0 Å². The Morgan fingerprint density at radius 2 is 1.96 bits per heavy atom. The lowest BCUT2D eigenvalue weighted by Crippen LogP contribution is -2.39. The molecule has 3 rings (SSSR count). The van der Waals surface area contributed by atoms with Crippen molar-refractivity contribution >= 4 is 5.97 Å². The van der Waals surface area contributed by atoms with Gasteiger partial charge in [-0.15, -0.1) is 0 Å². The van der Waals surface area contributed by atoms with Crippen LogP contribution in [0.15, 0.2) is 36.5 Å². The molecule has 1 aromatic heterocycles. The van der Waals surface area contributed by atoms with Crippen molar-refractivity contribution in [3.8, 4) is 0 Å². The van der Waals surface area contributed by atoms with Crippen molar-refractivity contribution < 1.29 is 9.90 Å². The van der Waals surface area contributed by atoms with Crippen LogP contribution in [-0.2, 0) is 4.79 Å². The number of carboxylic acids is 1. The van der Waals surface area contributed by atoms with Gasteiger partial charge in [-0.1, -0.05) is 29.8 Å². The quantitative estimate of drug-likeness (QED) is 0.933. The molecule has 126 valence electrons. The number of carboxylic acid groups (broad SMARTS) is 1. The van der Waals surface area contributed by atoms with Gasteiger partial charge in [0.25, 0.3) is 0 Å². The third kappa shape index (κ3) is 3.20. The first kappa shape index (κ1) is 16.7. The van der Waals surface area contributed by atoms with Gasteiger partial charge in [0.1, 0.15) is 6.04 Å². The number of nitrogens with zero attached hydrogens (tertiary/aromatic N) is 2. The van der Waals surface area contributed by atoms with Crippen molar-refractivity contribution in [1.29, 1.82) is 0 Å². The van der Waals surface area contributed by atoms with E-state index in [2.05, 4.69) is 41.9 Å². The molecular formula is C20H24N2O2. The molecule has 0 radical (unpaired) electrons. The Morgan fingerprint density at radius 1 is 1.21 bits per heavy atom. The molecule has 4 heteroatoms. The summed E-state index contributed by atoms with van der Waals surface area (Å²) < 4.78 is 0. The SMILES string of the molecule is Cc1ccc(C(c2cc(C)ccc2C)N2CCCC2C(=O)O)nc1. The van der Waals surface area contributed by atoms with Crippen LogP contribution in [0.4, 0.5) is 0 Å². The molecule has 1 saturated heterocycles. The summed E-state index contributed by atoms with van der Waals surface area (Å²) in [5, 5.41) is 9.63. The molecule has 0 spiro atoms. The molecule has 1 aliphatic rings. The topological polar surface area (TPSA) is 53.4 Å². The van der Waals surface area contributed by atoms with E-state index in [1.165, 1.54) is 11.1 Å². The molecule has 2 atom stereocenters. The Morgan fingerprint density at radius 3 is 2.62 bits per heavy atom. The maximum atomic E-state index is 11.7. The normalized spacial score (nSPS) is 19.4. The van der Waals surface area contributed by atoms with Crippen LogP contribution in [0.2, 0.25) is 0 Å². The van der Waals surface area contributed by atoms with E-state index in [1.807, 2.05) is 25.3 Å². The minimum atomic E-state index is -0.741. The fourth-order valence-corrected chi connectivity index (χ4v) is 3.57. The summed E-state index contributed by atoms with van der Waals surface area (Å²) in [6.45, 7) is 6.95. The molecule has 2 aromatic rings. The minimum absolute atomic E-state index is 0.117. The van der Waals surface area contributed by atoms with Gasteiger partial charge in [0.15, 0.2) is 0 Å². The maximum absolute atomic E-state index is 11.7. The van der Waals surface area contributed by atoms with Crippen LogP contribution >= 0.6 is 0 Å². The lowest BCUT2D eigenvalue weighted by atomic mass is 9.94. The molecule has 1 aromatic carbocycles. The highest BCUT2D eigenvalue weighted by atomic mass is 16.4. The highest BCUT2D eigenvalue weighted by molar-refractivity contribution is 5.74. The second-order valence-corrected chi connectivity index (χ2v) is 6.76. The van der Waals surface area contributed by atoms with Crippen molar-refractivity contribution in [2.75, 3.05) is 6.54 Å². The highest BCUT2D eigenvalue weighted by Gasteiger charge is 2.37. The van der Waals surface area contributed by atoms with Crippen molar-refractivity contribution in [2.24, 2.45) is 0 Å². The molecule has 4 nitrogen and oxygen atoms in total. The third-order valence-corrected chi connectivity index (χ3v) is 4.85. The molecule has 0 amide bonds. The number of hydrogen-bond donors (Lipinski definition) is 1. The monoisotopic (exact) mass is 324 g/mol. The van der Waals surface area contributed by atoms with Gasteiger partial charge >= 0.3 is 5.97 Å². The zero-order valence-corrected chi connectivity index (χ0v) is 14.5. The zero-order valence-electron chi connectivity index (χ0n) is 14.5. The van der Waals surface area contributed by atoms with Crippen LogP contribution in [0.1, 0.15) is 46.8 Å². The summed E-state index contributed by atoms with van der Waals surface area (Å²) in [6.07, 6.45) is 3.46. The third-order valence-electron chi connectivity index (χ3n) is 4.85. The Labute approximate surface area is 143 Å². The lowest BCUT2D eigenvalue weighted by molar-refractivity contribution is -0.142. The average Bonchev–Trinajstić information content (AvgIpc) is 3.02. The molecule has 0 saturated carbocycles. The second kappa shape index (κ2) is 6.73. The number of aliphatic carboxylic acids is 1. The van der Waals surface area contributed by atoms with E-state index in [0.717, 1.165) is 29.8 Å². The molecule has 1 aliphatic heterocycles. The number of benzene rings is 1. The molecule has 0 aliphatic carbocycles. The van der Waals surface area contributed by atoms with E-state index >= 15 is 0 Å². The summed E-state index contributed by atoms with van der Waals surface area (Å²) in [5.41, 5.74) is 5.53. The van der Waals surface area contributed by atoms with Crippen molar-refractivity contribution in [3.63, 3.8) is 0 Å². The number of aryl methyl sites for hydroxylation is 3. The van der Waals surface area contributed by atoms with Crippen LogP contribution in [0, 0.1) is 20.8 Å². The van der Waals surface area contributed by atoms with E-state index in [0.29, 0.717) is 6.42 Å². The van der Waals surface area contributed by atoms with Gasteiger partial charge in [0, 0.05) is 12.7 Å². The average molecular weight is 324 g/mol. The van der Waals surface area contributed by atoms with Crippen LogP contribution < -0.4 is 0 Å². The van der Waals surface area contributed by atoms with Crippen LogP contribution in [0.25, 0.3) is 0 Å². The van der Waals surface area contributed by atoms with Crippen LogP contribution in [0.3, 0.4) is 0 Å². The summed E-state index contributed by atoms with van der Waals surface area (Å²) >= 11 is 0. The maximum Gasteiger partial charge on any atom is 0.320 e. The Kier molecular flexibility index (Phi) is 4.67. The number of aromatic nitrogens is 1. The van der Waals surface area contributed by atoms with Gasteiger partial charge in [-0.3, -0.25) is 14.7 Å². The molecule has 1 fully saturated rings. The molecule has 2 heterocycles. The van der Waals surface area contributed by atoms with E-state index in [4.69, 9.17) is 0 Å². The van der Waals surface area contributed by atoms with Crippen LogP contribution in [0.5, 0.6) is 0 Å². The summed E-state index contributed by atoms with van der Waals surface area (Å²) in [7, 11) is 0. The molecule has 2 unspecified atom stereocenters. The number of carbonyl (C=O) groups is 1. The Balaban J connectivity index is 2.12. The Bertz CT molecular complexity index is 740. The number of hydrogen-bond acceptors (Lipinski definition) is 3. The Hall–Kier alpha value is -2.20. The van der Waals surface area contributed by atoms with E-state index in [-0.39, 0.29) is 6.04 Å². The zero-order chi connectivity index (χ0) is 17.3. The fourth-order valence-electron chi connectivity index (χ4n) is 3.57. The largest absolute Gasteiger partial charge is 0.480 e. The van der Waals surface area contributed by atoms with Gasteiger partial charge < -0.3 is 5.11 Å². The summed E-state index contributed by atoms with van der Waals surface area (Å²) in [4.78, 5) is 18.5. The van der Waals surface area contributed by atoms with E-state index in [1.54, 1.807) is 0 Å². The minimum Gasteiger partial charge on any atom is -0.480 e. The molecular weight excluding hydrogens is 300 g/mol. The predicted octanol–water partition coefficient (Wildman–Crippen LogP) is 3.65. The molecule has 24 heavy (non-hydrogen) atoms. The summed E-state index contributed by atoms with van der Waals surface area (Å²) in [5.74, 6) is -0.741. The highest BCUT2D eigenvalue weighted by Crippen LogP contribution is 2.35. The fraction of sp³-hybridized carbons (Fsp3) is 0.400. The number of likely N-dealkylation sites (tertiary alicyclic amines) is 1. The van der Waals surface area contributed by atoms with Gasteiger partial charge in [0.05, 0.1) is 11.7 Å². The smallest absolute Gasteiger partial charge is 0.320 e. The first-order valence-electron chi connectivity index (χ1n) is 8.45. The standard InChI is InChI=1S/C20H24N2O2/c1-13-6-8-15(3)16(11-13)19(17-9-7-14(2)12-21-17)22-10-4-5-18(22)20(23)24/h6-9,11-12,18-19H,4-5,10H2,1-3H3,(H,23,24). The van der Waals surface area contributed by atoms with Gasteiger partial charge in [-0.25, -0.2) is 0 Å². The van der Waals surface area contributed by atoms with Gasteiger partial charge in [-0.05, 0) is 56.4 Å². The lowest BCUT2D eigenvalue weighted by Gasteiger charge is -2.32. The van der Waals surface area contributed by atoms with Crippen LogP contribution in [-0.4, -0.2) is 33.5 Å². The number of pyridine rings is 1. The van der Waals surface area contributed by atoms with E-state index < -0.39 is 12.0 Å². The first-order chi connectivity index (χ1) is 11.5. The first-order valence-corrected chi connectivity index (χ1v) is 8.45. The van der Waals surface area contributed by atoms with Crippen molar-refractivity contribution in [1.82, 2.24) is 9.88 Å². The molecule has 0 bridgehead atoms.